The number of alkyl halides is 2. The van der Waals surface area contributed by atoms with E-state index in [0.29, 0.717) is 31.0 Å². The smallest absolute Gasteiger partial charge is 0.262 e. The summed E-state index contributed by atoms with van der Waals surface area (Å²) in [5.74, 6) is -2.88. The second kappa shape index (κ2) is 7.74. The van der Waals surface area contributed by atoms with Gasteiger partial charge in [-0.1, -0.05) is 18.2 Å². The predicted molar refractivity (Wildman–Crippen MR) is 88.0 cm³/mol. The fourth-order valence-electron chi connectivity index (χ4n) is 3.44. The van der Waals surface area contributed by atoms with Crippen LogP contribution in [-0.2, 0) is 11.2 Å². The number of nitrogens with one attached hydrogen (secondary N) is 1. The minimum atomic E-state index is -2.79. The summed E-state index contributed by atoms with van der Waals surface area (Å²) in [7, 11) is 0. The van der Waals surface area contributed by atoms with Crippen LogP contribution in [0.25, 0.3) is 0 Å². The van der Waals surface area contributed by atoms with E-state index < -0.39 is 24.9 Å². The molecule has 2 fully saturated rings. The number of amides is 1. The zero-order valence-corrected chi connectivity index (χ0v) is 14.1. The summed E-state index contributed by atoms with van der Waals surface area (Å²) in [6, 6.07) is 5.97. The van der Waals surface area contributed by atoms with Gasteiger partial charge in [-0.2, -0.15) is 0 Å². The average Bonchev–Trinajstić information content (AvgIpc) is 2.90. The van der Waals surface area contributed by atoms with Gasteiger partial charge in [-0.25, -0.2) is 13.2 Å². The molecule has 134 valence electrons. The quantitative estimate of drug-likeness (QED) is 0.896. The summed E-state index contributed by atoms with van der Waals surface area (Å²) >= 11 is 0. The number of carbonyl (C=O) groups excluding carboxylic acids is 1. The van der Waals surface area contributed by atoms with Gasteiger partial charge in [0.2, 0.25) is 5.91 Å². The Morgan fingerprint density at radius 3 is 2.50 bits per heavy atom. The molecular weight excluding hydrogens is 341 g/mol. The molecule has 1 atom stereocenters. The van der Waals surface area contributed by atoms with E-state index in [1.54, 1.807) is 17.0 Å². The molecule has 1 N–H and O–H groups in total. The second-order valence-electron chi connectivity index (χ2n) is 6.56. The zero-order chi connectivity index (χ0) is 16.4. The highest BCUT2D eigenvalue weighted by molar-refractivity contribution is 5.85. The van der Waals surface area contributed by atoms with Gasteiger partial charge in [0.05, 0.1) is 12.6 Å². The van der Waals surface area contributed by atoms with E-state index in [-0.39, 0.29) is 24.1 Å². The Labute approximate surface area is 146 Å². The van der Waals surface area contributed by atoms with E-state index in [1.807, 2.05) is 6.07 Å². The van der Waals surface area contributed by atoms with Crippen molar-refractivity contribution in [2.45, 2.75) is 37.6 Å². The van der Waals surface area contributed by atoms with Crippen LogP contribution in [0, 0.1) is 11.7 Å². The van der Waals surface area contributed by atoms with Crippen LogP contribution in [0.4, 0.5) is 13.2 Å². The number of piperidine rings is 1. The maximum absolute atomic E-state index is 13.7. The third-order valence-electron chi connectivity index (χ3n) is 4.80. The van der Waals surface area contributed by atoms with Crippen molar-refractivity contribution in [1.29, 1.82) is 0 Å². The summed E-state index contributed by atoms with van der Waals surface area (Å²) < 4.78 is 40.1. The van der Waals surface area contributed by atoms with Crippen molar-refractivity contribution >= 4 is 18.3 Å². The molecular formula is C17H22ClF3N2O. The van der Waals surface area contributed by atoms with Crippen LogP contribution < -0.4 is 5.32 Å². The van der Waals surface area contributed by atoms with Crippen molar-refractivity contribution in [3.63, 3.8) is 0 Å². The van der Waals surface area contributed by atoms with Crippen LogP contribution in [0.2, 0.25) is 0 Å². The van der Waals surface area contributed by atoms with Crippen molar-refractivity contribution in [2.24, 2.45) is 5.92 Å². The molecule has 0 saturated carbocycles. The first kappa shape index (κ1) is 19.1. The van der Waals surface area contributed by atoms with Crippen molar-refractivity contribution in [1.82, 2.24) is 10.2 Å². The number of nitrogens with zero attached hydrogens (tertiary/aromatic N) is 1. The Hall–Kier alpha value is -1.27. The number of carbonyl (C=O) groups is 1. The number of halogens is 4. The molecule has 0 radical (unpaired) electrons. The van der Waals surface area contributed by atoms with E-state index in [9.17, 15) is 18.0 Å². The number of hydrogen-bond donors (Lipinski definition) is 1. The Morgan fingerprint density at radius 2 is 1.92 bits per heavy atom. The Bertz CT molecular complexity index is 577. The summed E-state index contributed by atoms with van der Waals surface area (Å²) in [4.78, 5) is 13.9. The first-order valence-corrected chi connectivity index (χ1v) is 8.08. The lowest BCUT2D eigenvalue weighted by Gasteiger charge is -2.33. The number of hydrogen-bond acceptors (Lipinski definition) is 2. The van der Waals surface area contributed by atoms with Gasteiger partial charge in [0, 0.05) is 19.5 Å². The van der Waals surface area contributed by atoms with E-state index >= 15 is 0 Å². The molecule has 0 spiro atoms. The van der Waals surface area contributed by atoms with Gasteiger partial charge in [-0.15, -0.1) is 12.4 Å². The van der Waals surface area contributed by atoms with E-state index in [2.05, 4.69) is 5.32 Å². The number of benzene rings is 1. The van der Waals surface area contributed by atoms with Crippen molar-refractivity contribution in [3.05, 3.63) is 35.6 Å². The van der Waals surface area contributed by atoms with Crippen molar-refractivity contribution in [2.75, 3.05) is 19.6 Å². The van der Waals surface area contributed by atoms with E-state index in [1.165, 1.54) is 6.07 Å². The molecule has 1 amide bonds. The van der Waals surface area contributed by atoms with E-state index in [0.717, 1.165) is 12.8 Å². The lowest BCUT2D eigenvalue weighted by molar-refractivity contribution is -0.135. The standard InChI is InChI=1S/C17H21F3N2O.ClH/c18-14-4-2-1-3-13(14)9-12-5-7-22(8-6-12)16(23)15-10-17(19,20)11-21-15;/h1-4,12,15,21H,5-11H2;1H. The largest absolute Gasteiger partial charge is 0.341 e. The third-order valence-corrected chi connectivity index (χ3v) is 4.80. The normalized spacial score (nSPS) is 23.8. The van der Waals surface area contributed by atoms with Crippen LogP contribution in [0.15, 0.2) is 24.3 Å². The highest BCUT2D eigenvalue weighted by Gasteiger charge is 2.43. The van der Waals surface area contributed by atoms with Gasteiger partial charge in [-0.3, -0.25) is 10.1 Å². The van der Waals surface area contributed by atoms with Crippen LogP contribution in [0.1, 0.15) is 24.8 Å². The number of likely N-dealkylation sites (tertiary alicyclic amines) is 1. The molecule has 2 aliphatic rings. The molecule has 1 aromatic rings. The van der Waals surface area contributed by atoms with Crippen LogP contribution >= 0.6 is 12.4 Å². The minimum Gasteiger partial charge on any atom is -0.341 e. The lowest BCUT2D eigenvalue weighted by Crippen LogP contribution is -2.47. The van der Waals surface area contributed by atoms with Crippen LogP contribution in [-0.4, -0.2) is 42.4 Å². The molecule has 1 aromatic carbocycles. The summed E-state index contributed by atoms with van der Waals surface area (Å²) in [6.45, 7) is 0.691. The Balaban J connectivity index is 0.00000208. The average molecular weight is 363 g/mol. The highest BCUT2D eigenvalue weighted by atomic mass is 35.5. The minimum absolute atomic E-state index is 0. The van der Waals surface area contributed by atoms with E-state index in [4.69, 9.17) is 0 Å². The maximum Gasteiger partial charge on any atom is 0.262 e. The topological polar surface area (TPSA) is 32.3 Å². The van der Waals surface area contributed by atoms with Gasteiger partial charge in [0.1, 0.15) is 5.82 Å². The van der Waals surface area contributed by atoms with Crippen molar-refractivity contribution < 1.29 is 18.0 Å². The monoisotopic (exact) mass is 362 g/mol. The molecule has 2 heterocycles. The lowest BCUT2D eigenvalue weighted by atomic mass is 9.89. The maximum atomic E-state index is 13.7. The third kappa shape index (κ3) is 4.42. The molecule has 2 aliphatic heterocycles. The molecule has 0 aromatic heterocycles. The van der Waals surface area contributed by atoms with Gasteiger partial charge in [0.25, 0.3) is 5.92 Å². The Morgan fingerprint density at radius 1 is 1.25 bits per heavy atom. The summed E-state index contributed by atoms with van der Waals surface area (Å²) in [6.07, 6.45) is 1.81. The molecule has 3 nitrogen and oxygen atoms in total. The SMILES string of the molecule is Cl.O=C(C1CC(F)(F)CN1)N1CCC(Cc2ccccc2F)CC1. The van der Waals surface area contributed by atoms with Gasteiger partial charge < -0.3 is 4.90 Å². The first-order chi connectivity index (χ1) is 10.9. The highest BCUT2D eigenvalue weighted by Crippen LogP contribution is 2.28. The summed E-state index contributed by atoms with van der Waals surface area (Å²) in [5.41, 5.74) is 0.703. The van der Waals surface area contributed by atoms with Gasteiger partial charge in [-0.05, 0) is 36.8 Å². The molecule has 24 heavy (non-hydrogen) atoms. The fraction of sp³-hybridized carbons (Fsp3) is 0.588. The predicted octanol–water partition coefficient (Wildman–Crippen LogP) is 3.03. The molecule has 0 bridgehead atoms. The molecule has 7 heteroatoms. The summed E-state index contributed by atoms with van der Waals surface area (Å²) in [5, 5.41) is 2.61. The fourth-order valence-corrected chi connectivity index (χ4v) is 3.44. The zero-order valence-electron chi connectivity index (χ0n) is 13.3. The Kier molecular flexibility index (Phi) is 6.15. The molecule has 3 rings (SSSR count). The second-order valence-corrected chi connectivity index (χ2v) is 6.56. The first-order valence-electron chi connectivity index (χ1n) is 8.08. The van der Waals surface area contributed by atoms with Crippen LogP contribution in [0.3, 0.4) is 0 Å². The molecule has 1 unspecified atom stereocenters. The van der Waals surface area contributed by atoms with Crippen LogP contribution in [0.5, 0.6) is 0 Å². The molecule has 0 aliphatic carbocycles. The molecule has 2 saturated heterocycles. The number of rotatable bonds is 3. The van der Waals surface area contributed by atoms with Gasteiger partial charge >= 0.3 is 0 Å². The van der Waals surface area contributed by atoms with Crippen molar-refractivity contribution in [3.8, 4) is 0 Å². The van der Waals surface area contributed by atoms with Gasteiger partial charge in [0.15, 0.2) is 0 Å².